The van der Waals surface area contributed by atoms with Gasteiger partial charge in [0.2, 0.25) is 0 Å². The van der Waals surface area contributed by atoms with E-state index in [4.69, 9.17) is 13.6 Å². The van der Waals surface area contributed by atoms with Gasteiger partial charge in [0.25, 0.3) is 0 Å². The molecule has 36 heavy (non-hydrogen) atoms. The number of hydrogen-bond donors (Lipinski definition) is 1. The third kappa shape index (κ3) is 3.94. The lowest BCUT2D eigenvalue weighted by Gasteiger charge is -2.21. The summed E-state index contributed by atoms with van der Waals surface area (Å²) in [5.41, 5.74) is 2.78. The minimum absolute atomic E-state index is 0.0261. The molecule has 2 heterocycles. The minimum atomic E-state index is -0.950. The van der Waals surface area contributed by atoms with Gasteiger partial charge < -0.3 is 18.7 Å². The Hall–Kier alpha value is -4.32. The van der Waals surface area contributed by atoms with Crippen molar-refractivity contribution in [1.82, 2.24) is 0 Å². The summed E-state index contributed by atoms with van der Waals surface area (Å²) in [4.78, 5) is 26.9. The van der Waals surface area contributed by atoms with Crippen LogP contribution >= 0.6 is 0 Å². The molecule has 1 atom stereocenters. The second-order valence-electron chi connectivity index (χ2n) is 9.02. The molecule has 6 nitrogen and oxygen atoms in total. The van der Waals surface area contributed by atoms with E-state index in [1.54, 1.807) is 36.4 Å². The van der Waals surface area contributed by atoms with E-state index in [2.05, 4.69) is 0 Å². The van der Waals surface area contributed by atoms with Crippen molar-refractivity contribution in [2.45, 2.75) is 33.6 Å². The fourth-order valence-corrected chi connectivity index (χ4v) is 4.80. The molecule has 0 saturated heterocycles. The molecule has 0 saturated carbocycles. The van der Waals surface area contributed by atoms with E-state index < -0.39 is 17.2 Å². The van der Waals surface area contributed by atoms with Crippen LogP contribution in [0, 0.1) is 20.8 Å². The number of rotatable bonds is 5. The van der Waals surface area contributed by atoms with E-state index in [0.29, 0.717) is 34.5 Å². The molecule has 5 rings (SSSR count). The van der Waals surface area contributed by atoms with Crippen LogP contribution in [0.2, 0.25) is 0 Å². The standard InChI is InChI=1S/C30H26O6/c1-5-34-20-8-6-7-19(15-20)26(25-18(4)21-11-9-16(2)13-23(21)35-29(25)32)27-28(31)22-12-10-17(3)14-24(22)36-30(27)33/h6-15,26,31H,5H2,1-4H3. The molecule has 0 amide bonds. The summed E-state index contributed by atoms with van der Waals surface area (Å²) >= 11 is 0. The Morgan fingerprint density at radius 2 is 1.42 bits per heavy atom. The normalized spacial score (nSPS) is 12.2. The van der Waals surface area contributed by atoms with Gasteiger partial charge in [-0.25, -0.2) is 9.59 Å². The molecule has 0 radical (unpaired) electrons. The van der Waals surface area contributed by atoms with Gasteiger partial charge in [0.1, 0.15) is 22.7 Å². The van der Waals surface area contributed by atoms with Crippen molar-refractivity contribution in [1.29, 1.82) is 0 Å². The molecule has 0 aliphatic carbocycles. The van der Waals surface area contributed by atoms with Gasteiger partial charge in [-0.15, -0.1) is 0 Å². The molecule has 182 valence electrons. The van der Waals surface area contributed by atoms with Gasteiger partial charge in [0.15, 0.2) is 0 Å². The zero-order chi connectivity index (χ0) is 25.6. The van der Waals surface area contributed by atoms with Crippen molar-refractivity contribution in [3.63, 3.8) is 0 Å². The number of aryl methyl sites for hydroxylation is 3. The third-order valence-electron chi connectivity index (χ3n) is 6.52. The first kappa shape index (κ1) is 23.4. The Morgan fingerprint density at radius 3 is 2.08 bits per heavy atom. The van der Waals surface area contributed by atoms with Crippen LogP contribution in [-0.2, 0) is 0 Å². The molecular formula is C30H26O6. The van der Waals surface area contributed by atoms with Crippen molar-refractivity contribution in [3.8, 4) is 11.5 Å². The summed E-state index contributed by atoms with van der Waals surface area (Å²) < 4.78 is 17.1. The van der Waals surface area contributed by atoms with Crippen molar-refractivity contribution in [2.24, 2.45) is 0 Å². The van der Waals surface area contributed by atoms with Gasteiger partial charge in [0, 0.05) is 5.39 Å². The van der Waals surface area contributed by atoms with Crippen LogP contribution in [0.3, 0.4) is 0 Å². The van der Waals surface area contributed by atoms with Gasteiger partial charge >= 0.3 is 11.3 Å². The van der Waals surface area contributed by atoms with E-state index in [1.807, 2.05) is 52.0 Å². The summed E-state index contributed by atoms with van der Waals surface area (Å²) in [7, 11) is 0. The molecule has 3 aromatic carbocycles. The minimum Gasteiger partial charge on any atom is -0.507 e. The Bertz CT molecular complexity index is 1640. The topological polar surface area (TPSA) is 89.9 Å². The molecule has 1 N–H and O–H groups in total. The Morgan fingerprint density at radius 1 is 0.806 bits per heavy atom. The predicted molar refractivity (Wildman–Crippen MR) is 139 cm³/mol. The highest BCUT2D eigenvalue weighted by Gasteiger charge is 2.31. The van der Waals surface area contributed by atoms with Gasteiger partial charge in [-0.05, 0) is 80.3 Å². The lowest BCUT2D eigenvalue weighted by atomic mass is 9.83. The smallest absolute Gasteiger partial charge is 0.344 e. The second kappa shape index (κ2) is 9.04. The third-order valence-corrected chi connectivity index (χ3v) is 6.52. The zero-order valence-electron chi connectivity index (χ0n) is 20.5. The Labute approximate surface area is 207 Å². The maximum atomic E-state index is 13.5. The van der Waals surface area contributed by atoms with Crippen molar-refractivity contribution >= 4 is 21.9 Å². The maximum absolute atomic E-state index is 13.5. The Balaban J connectivity index is 1.88. The fraction of sp³-hybridized carbons (Fsp3) is 0.200. The number of fused-ring (bicyclic) bond motifs is 2. The van der Waals surface area contributed by atoms with Crippen LogP contribution in [0.1, 0.15) is 46.2 Å². The SMILES string of the molecule is CCOc1cccc(C(c2c(C)c3ccc(C)cc3oc2=O)c2c(O)c3ccc(C)cc3oc2=O)c1. The fourth-order valence-electron chi connectivity index (χ4n) is 4.80. The molecule has 0 aliphatic rings. The highest BCUT2D eigenvalue weighted by molar-refractivity contribution is 5.86. The highest BCUT2D eigenvalue weighted by Crippen LogP contribution is 2.40. The first-order chi connectivity index (χ1) is 17.3. The van der Waals surface area contributed by atoms with Crippen molar-refractivity contribution in [3.05, 3.63) is 115 Å². The molecule has 0 bridgehead atoms. The largest absolute Gasteiger partial charge is 0.507 e. The van der Waals surface area contributed by atoms with Crippen LogP contribution < -0.4 is 16.0 Å². The molecule has 2 aromatic heterocycles. The van der Waals surface area contributed by atoms with Crippen LogP contribution in [0.4, 0.5) is 0 Å². The first-order valence-corrected chi connectivity index (χ1v) is 11.8. The highest BCUT2D eigenvalue weighted by atomic mass is 16.5. The average molecular weight is 483 g/mol. The molecule has 1 unspecified atom stereocenters. The summed E-state index contributed by atoms with van der Waals surface area (Å²) in [5.74, 6) is -0.594. The van der Waals surface area contributed by atoms with Gasteiger partial charge in [-0.2, -0.15) is 0 Å². The lowest BCUT2D eigenvalue weighted by Crippen LogP contribution is -2.22. The predicted octanol–water partition coefficient (Wildman–Crippen LogP) is 6.11. The summed E-state index contributed by atoms with van der Waals surface area (Å²) in [6, 6.07) is 18.0. The number of hydrogen-bond acceptors (Lipinski definition) is 6. The molecular weight excluding hydrogens is 456 g/mol. The van der Waals surface area contributed by atoms with Crippen LogP contribution in [-0.4, -0.2) is 11.7 Å². The lowest BCUT2D eigenvalue weighted by molar-refractivity contribution is 0.340. The summed E-state index contributed by atoms with van der Waals surface area (Å²) in [6.07, 6.45) is 0. The molecule has 0 aliphatic heterocycles. The maximum Gasteiger partial charge on any atom is 0.344 e. The van der Waals surface area contributed by atoms with Crippen LogP contribution in [0.15, 0.2) is 79.1 Å². The van der Waals surface area contributed by atoms with Crippen molar-refractivity contribution < 1.29 is 18.7 Å². The van der Waals surface area contributed by atoms with E-state index >= 15 is 0 Å². The molecule has 6 heteroatoms. The van der Waals surface area contributed by atoms with Gasteiger partial charge in [0.05, 0.1) is 29.0 Å². The average Bonchev–Trinajstić information content (AvgIpc) is 2.83. The van der Waals surface area contributed by atoms with Crippen LogP contribution in [0.25, 0.3) is 21.9 Å². The van der Waals surface area contributed by atoms with E-state index in [9.17, 15) is 14.7 Å². The number of ether oxygens (including phenoxy) is 1. The summed E-state index contributed by atoms with van der Waals surface area (Å²) in [6.45, 7) is 7.95. The van der Waals surface area contributed by atoms with E-state index in [-0.39, 0.29) is 22.5 Å². The van der Waals surface area contributed by atoms with E-state index in [1.165, 1.54) is 0 Å². The number of aromatic hydroxyl groups is 1. The van der Waals surface area contributed by atoms with Gasteiger partial charge in [-0.1, -0.05) is 30.3 Å². The molecule has 5 aromatic rings. The van der Waals surface area contributed by atoms with Crippen molar-refractivity contribution in [2.75, 3.05) is 6.61 Å². The summed E-state index contributed by atoms with van der Waals surface area (Å²) in [5, 5.41) is 12.5. The van der Waals surface area contributed by atoms with Gasteiger partial charge in [-0.3, -0.25) is 0 Å². The Kier molecular flexibility index (Phi) is 5.88. The zero-order valence-corrected chi connectivity index (χ0v) is 20.5. The molecule has 0 fully saturated rings. The second-order valence-corrected chi connectivity index (χ2v) is 9.02. The monoisotopic (exact) mass is 482 g/mol. The van der Waals surface area contributed by atoms with E-state index in [0.717, 1.165) is 16.5 Å². The van der Waals surface area contributed by atoms with Crippen LogP contribution in [0.5, 0.6) is 11.5 Å². The first-order valence-electron chi connectivity index (χ1n) is 11.8. The number of benzene rings is 3. The molecule has 0 spiro atoms. The quantitative estimate of drug-likeness (QED) is 0.304.